The Balaban J connectivity index is 1.74. The number of benzene rings is 3. The second-order valence-corrected chi connectivity index (χ2v) is 20.0. The predicted octanol–water partition coefficient (Wildman–Crippen LogP) is 7.47. The molecule has 0 atom stereocenters. The van der Waals surface area contributed by atoms with Crippen molar-refractivity contribution < 1.29 is 5.79 Å². The fourth-order valence-electron chi connectivity index (χ4n) is 4.10. The Labute approximate surface area is 181 Å². The van der Waals surface area contributed by atoms with Gasteiger partial charge in [-0.3, -0.25) is 0 Å². The third kappa shape index (κ3) is 3.24. The normalized spacial score (nSPS) is 13.3. The molecule has 3 aromatic carbocycles. The first kappa shape index (κ1) is 18.2. The first-order valence-corrected chi connectivity index (χ1v) is 17.8. The van der Waals surface area contributed by atoms with Gasteiger partial charge in [-0.15, -0.1) is 0 Å². The maximum atomic E-state index is 8.38. The van der Waals surface area contributed by atoms with Crippen molar-refractivity contribution >= 4 is 50.4 Å². The molecule has 0 unspecified atom stereocenters. The summed E-state index contributed by atoms with van der Waals surface area (Å²) in [4.78, 5) is 4.60. The third-order valence-corrected chi connectivity index (χ3v) is 10.2. The number of para-hydroxylation sites is 1. The molecule has 3 heteroatoms. The zero-order valence-corrected chi connectivity index (χ0v) is 20.3. The van der Waals surface area contributed by atoms with Gasteiger partial charge in [0.2, 0.25) is 0 Å². The summed E-state index contributed by atoms with van der Waals surface area (Å²) < 4.78 is 16.3. The van der Waals surface area contributed by atoms with Crippen molar-refractivity contribution in [2.45, 2.75) is 37.0 Å². The minimum atomic E-state index is -1.90. The molecule has 0 N–H and O–H groups in total. The van der Waals surface area contributed by atoms with Crippen LogP contribution in [0.1, 0.15) is 26.7 Å². The molecule has 150 valence electrons. The number of pyridine rings is 1. The summed E-state index contributed by atoms with van der Waals surface area (Å²) in [7, 11) is 0. The molecule has 2 nitrogen and oxygen atoms in total. The number of hydrogen-bond acceptors (Lipinski definition) is 2. The van der Waals surface area contributed by atoms with Crippen molar-refractivity contribution in [2.24, 2.45) is 0 Å². The van der Waals surface area contributed by atoms with E-state index in [1.807, 2.05) is 26.0 Å². The van der Waals surface area contributed by atoms with E-state index in [9.17, 15) is 0 Å². The monoisotopic (exact) mass is 456 g/mol. The average molecular weight is 455 g/mol. The van der Waals surface area contributed by atoms with Crippen molar-refractivity contribution in [3.63, 3.8) is 0 Å². The molecule has 0 aliphatic heterocycles. The van der Waals surface area contributed by atoms with E-state index in [0.29, 0.717) is 0 Å². The van der Waals surface area contributed by atoms with Crippen LogP contribution in [-0.4, -0.2) is 18.3 Å². The molecule has 0 saturated heterocycles. The van der Waals surface area contributed by atoms with E-state index in [1.165, 1.54) is 15.2 Å². The molecule has 2 aromatic heterocycles. The molecule has 0 spiro atoms. The Morgan fingerprint density at radius 3 is 2.50 bits per heavy atom. The molecule has 0 bridgehead atoms. The molecule has 5 rings (SSSR count). The number of rotatable bonds is 3. The van der Waals surface area contributed by atoms with Crippen LogP contribution in [0.4, 0.5) is 0 Å². The van der Waals surface area contributed by atoms with Crippen LogP contribution in [0.15, 0.2) is 71.3 Å². The fraction of sp³-hybridized carbons (Fsp3) is 0.222. The molecule has 2 heterocycles. The van der Waals surface area contributed by atoms with Crippen molar-refractivity contribution in [3.8, 4) is 11.3 Å². The quantitative estimate of drug-likeness (QED) is 0.264. The Bertz CT molecular complexity index is 1450. The molecule has 0 amide bonds. The summed E-state index contributed by atoms with van der Waals surface area (Å²) >= 11 is -1.90. The van der Waals surface area contributed by atoms with Gasteiger partial charge in [-0.2, -0.15) is 0 Å². The average Bonchev–Trinajstić information content (AvgIpc) is 3.08. The summed E-state index contributed by atoms with van der Waals surface area (Å²) in [6.45, 7) is 3.80. The Morgan fingerprint density at radius 2 is 1.73 bits per heavy atom. The van der Waals surface area contributed by atoms with Gasteiger partial charge in [0.1, 0.15) is 0 Å². The number of aromatic nitrogens is 1. The summed E-state index contributed by atoms with van der Waals surface area (Å²) in [6, 6.07) is 21.5. The van der Waals surface area contributed by atoms with Crippen LogP contribution >= 0.6 is 0 Å². The second kappa shape index (κ2) is 6.99. The molecule has 0 aliphatic rings. The van der Waals surface area contributed by atoms with E-state index in [0.717, 1.165) is 38.8 Å². The van der Waals surface area contributed by atoms with Crippen LogP contribution in [0.3, 0.4) is 0 Å². The summed E-state index contributed by atoms with van der Waals surface area (Å²) in [5.74, 6) is 6.59. The molecule has 0 radical (unpaired) electrons. The van der Waals surface area contributed by atoms with Crippen LogP contribution in [0.2, 0.25) is 17.3 Å². The van der Waals surface area contributed by atoms with Crippen LogP contribution < -0.4 is 4.40 Å². The van der Waals surface area contributed by atoms with Crippen LogP contribution in [0.25, 0.3) is 44.0 Å². The van der Waals surface area contributed by atoms with E-state index in [4.69, 9.17) is 5.79 Å². The first-order valence-electron chi connectivity index (χ1n) is 11.0. The van der Waals surface area contributed by atoms with Crippen molar-refractivity contribution in [3.05, 3.63) is 72.4 Å². The van der Waals surface area contributed by atoms with Gasteiger partial charge >= 0.3 is 167 Å². The molecule has 0 aliphatic carbocycles. The maximum absolute atomic E-state index is 8.38. The van der Waals surface area contributed by atoms with Crippen molar-refractivity contribution in [1.82, 2.24) is 4.98 Å². The van der Waals surface area contributed by atoms with Gasteiger partial charge in [0.15, 0.2) is 0 Å². The first-order chi connectivity index (χ1) is 14.6. The zero-order valence-electron chi connectivity index (χ0n) is 19.2. The molecule has 5 aromatic rings. The minimum absolute atomic E-state index is 0.674. The summed E-state index contributed by atoms with van der Waals surface area (Å²) in [6.07, 6.45) is 1.79. The van der Waals surface area contributed by atoms with E-state index in [-0.39, 0.29) is 0 Å². The predicted molar refractivity (Wildman–Crippen MR) is 132 cm³/mol. The van der Waals surface area contributed by atoms with Gasteiger partial charge in [0, 0.05) is 1.37 Å². The van der Waals surface area contributed by atoms with E-state index >= 15 is 0 Å². The fourth-order valence-corrected chi connectivity index (χ4v) is 6.56. The van der Waals surface area contributed by atoms with E-state index < -0.39 is 19.2 Å². The standard InChI is InChI=1S/C27H27GeNO/c1-17(2)18-11-12-29-25(15-18)23-8-6-7-22-24-14-19-9-10-21(28(3,4)5)13-20(19)16-26(24)30-27(22)23/h6-17H,1-5H3/i17D. The molecular weight excluding hydrogens is 427 g/mol. The van der Waals surface area contributed by atoms with Crippen molar-refractivity contribution in [2.75, 3.05) is 0 Å². The summed E-state index contributed by atoms with van der Waals surface area (Å²) in [5.41, 5.74) is 4.51. The number of nitrogens with zero attached hydrogens (tertiary/aromatic N) is 1. The number of hydrogen-bond donors (Lipinski definition) is 0. The Kier molecular flexibility index (Phi) is 4.24. The van der Waals surface area contributed by atoms with Crippen LogP contribution in [-0.2, 0) is 0 Å². The third-order valence-electron chi connectivity index (χ3n) is 5.94. The Morgan fingerprint density at radius 1 is 0.900 bits per heavy atom. The molecule has 0 fully saturated rings. The van der Waals surface area contributed by atoms with Gasteiger partial charge < -0.3 is 0 Å². The molecular formula is C27H27GeNO. The van der Waals surface area contributed by atoms with E-state index in [1.54, 1.807) is 6.20 Å². The molecule has 30 heavy (non-hydrogen) atoms. The molecule has 0 saturated carbocycles. The van der Waals surface area contributed by atoms with Gasteiger partial charge in [0.25, 0.3) is 0 Å². The summed E-state index contributed by atoms with van der Waals surface area (Å²) in [5, 5.41) is 4.71. The van der Waals surface area contributed by atoms with Crippen LogP contribution in [0, 0.1) is 0 Å². The Hall–Kier alpha value is -2.59. The van der Waals surface area contributed by atoms with Crippen LogP contribution in [0.5, 0.6) is 0 Å². The van der Waals surface area contributed by atoms with Gasteiger partial charge in [0.05, 0.1) is 0 Å². The van der Waals surface area contributed by atoms with Crippen molar-refractivity contribution in [1.29, 1.82) is 0 Å². The number of fused-ring (bicyclic) bond motifs is 4. The zero-order chi connectivity index (χ0) is 22.0. The van der Waals surface area contributed by atoms with Gasteiger partial charge in [-0.1, -0.05) is 13.8 Å². The number of furan rings is 1. The van der Waals surface area contributed by atoms with Gasteiger partial charge in [-0.25, -0.2) is 0 Å². The topological polar surface area (TPSA) is 26.0 Å². The second-order valence-electron chi connectivity index (χ2n) is 9.37. The van der Waals surface area contributed by atoms with Gasteiger partial charge in [-0.05, 0) is 0 Å². The SMILES string of the molecule is [2H]C(C)(C)c1ccnc(-c2cccc3c2oc2cc4c[c]([Ge]([CH3])([CH3])[CH3])ccc4cc23)c1. The van der Waals surface area contributed by atoms with E-state index in [2.05, 4.69) is 70.8 Å².